The minimum absolute atomic E-state index is 0.0199. The van der Waals surface area contributed by atoms with Gasteiger partial charge in [0.05, 0.1) is 112 Å². The van der Waals surface area contributed by atoms with Crippen LogP contribution in [0.5, 0.6) is 5.75 Å². The summed E-state index contributed by atoms with van der Waals surface area (Å²) in [5.41, 5.74) is 22.1. The van der Waals surface area contributed by atoms with Crippen LogP contribution < -0.4 is 49.5 Å². The van der Waals surface area contributed by atoms with Gasteiger partial charge in [-0.25, -0.2) is 0 Å². The zero-order valence-electron chi connectivity index (χ0n) is 39.5. The number of aromatic hydroxyl groups is 1. The number of phenolic OH excluding ortho intramolecular Hbond substituents is 1. The molecule has 0 spiro atoms. The molecule has 0 fully saturated rings. The number of nitrogens with zero attached hydrogens (tertiary/aromatic N) is 1. The zero-order valence-corrected chi connectivity index (χ0v) is 39.5. The summed E-state index contributed by atoms with van der Waals surface area (Å²) < 4.78 is 43.8. The smallest absolute Gasteiger partial charge is 0.243 e. The summed E-state index contributed by atoms with van der Waals surface area (Å²) in [6.45, 7) is 9.08. The molecule has 25 heteroatoms. The van der Waals surface area contributed by atoms with E-state index in [9.17, 15) is 33.9 Å². The van der Waals surface area contributed by atoms with E-state index in [1.807, 2.05) is 0 Å². The van der Waals surface area contributed by atoms with E-state index in [-0.39, 0.29) is 76.2 Å². The Kier molecular flexibility index (Phi) is 35.5. The predicted octanol–water partition coefficient (Wildman–Crippen LogP) is -3.56. The summed E-state index contributed by atoms with van der Waals surface area (Å²) in [6.07, 6.45) is 0.884. The van der Waals surface area contributed by atoms with Gasteiger partial charge < -0.3 is 92.5 Å². The second kappa shape index (κ2) is 39.7. The molecule has 0 aromatic heterocycles. The van der Waals surface area contributed by atoms with Crippen LogP contribution in [0.4, 0.5) is 0 Å². The number of rotatable bonds is 43. The molecule has 14 N–H and O–H groups in total. The van der Waals surface area contributed by atoms with E-state index >= 15 is 0 Å². The van der Waals surface area contributed by atoms with Gasteiger partial charge in [-0.05, 0) is 44.4 Å². The van der Waals surface area contributed by atoms with Crippen LogP contribution in [0.1, 0.15) is 45.1 Å². The van der Waals surface area contributed by atoms with Crippen LogP contribution in [0.15, 0.2) is 29.3 Å². The Morgan fingerprint density at radius 3 is 1.50 bits per heavy atom. The van der Waals surface area contributed by atoms with E-state index in [1.54, 1.807) is 12.1 Å². The maximum atomic E-state index is 13.0. The average Bonchev–Trinajstić information content (AvgIpc) is 3.29. The molecule has 4 atom stereocenters. The van der Waals surface area contributed by atoms with Gasteiger partial charge in [0.1, 0.15) is 23.9 Å². The highest BCUT2D eigenvalue weighted by Crippen LogP contribution is 2.12. The lowest BCUT2D eigenvalue weighted by atomic mass is 10.0. The fourth-order valence-electron chi connectivity index (χ4n) is 5.44. The molecule has 388 valence electrons. The third kappa shape index (κ3) is 34.1. The molecule has 1 aromatic rings. The lowest BCUT2D eigenvalue weighted by molar-refractivity contribution is -0.132. The SMILES string of the molecule is C[C@H](N)C(=O)N[C@@H](Cc1ccc(O)cc1)C(=O)N[C@@H](C)C(=O)NCCOCCOCCOCCOCCOCCOCCOCCOCCC(=O)N[C@@H](CCCN=C(N)N)C(=O)NCCC(N)=O. The maximum absolute atomic E-state index is 13.0. The van der Waals surface area contributed by atoms with Crippen molar-refractivity contribution in [1.29, 1.82) is 0 Å². The number of amides is 6. The highest BCUT2D eigenvalue weighted by molar-refractivity contribution is 5.93. The minimum atomic E-state index is -0.984. The Bertz CT molecular complexity index is 1590. The molecular weight excluding hydrogens is 897 g/mol. The number of hydrogen-bond donors (Lipinski definition) is 10. The number of ether oxygens (including phenoxy) is 8. The number of guanidine groups is 1. The molecule has 1 rings (SSSR count). The van der Waals surface area contributed by atoms with E-state index in [0.29, 0.717) is 104 Å². The summed E-state index contributed by atoms with van der Waals surface area (Å²) in [6, 6.07) is 2.68. The van der Waals surface area contributed by atoms with Crippen LogP contribution in [0.25, 0.3) is 0 Å². The molecule has 0 heterocycles. The van der Waals surface area contributed by atoms with Gasteiger partial charge in [0.25, 0.3) is 0 Å². The van der Waals surface area contributed by atoms with Gasteiger partial charge >= 0.3 is 0 Å². The molecule has 25 nitrogen and oxygen atoms in total. The number of primary amides is 1. The van der Waals surface area contributed by atoms with Crippen LogP contribution >= 0.6 is 0 Å². The van der Waals surface area contributed by atoms with E-state index in [0.717, 1.165) is 0 Å². The third-order valence-corrected chi connectivity index (χ3v) is 9.07. The Balaban J connectivity index is 1.95. The van der Waals surface area contributed by atoms with Gasteiger partial charge in [-0.2, -0.15) is 0 Å². The molecule has 0 saturated carbocycles. The number of carbonyl (C=O) groups is 6. The number of hydrogen-bond acceptors (Lipinski definition) is 17. The molecule has 1 aromatic carbocycles. The normalized spacial score (nSPS) is 12.8. The number of phenols is 1. The van der Waals surface area contributed by atoms with E-state index < -0.39 is 53.7 Å². The van der Waals surface area contributed by atoms with Crippen LogP contribution in [0.2, 0.25) is 0 Å². The Labute approximate surface area is 398 Å². The van der Waals surface area contributed by atoms with Gasteiger partial charge in [0.2, 0.25) is 35.4 Å². The maximum Gasteiger partial charge on any atom is 0.243 e. The van der Waals surface area contributed by atoms with E-state index in [4.69, 9.17) is 60.8 Å². The Hall–Kier alpha value is -5.25. The van der Waals surface area contributed by atoms with Crippen molar-refractivity contribution in [3.8, 4) is 5.75 Å². The molecule has 0 saturated heterocycles. The van der Waals surface area contributed by atoms with Crippen molar-refractivity contribution in [3.63, 3.8) is 0 Å². The molecular formula is C43H76N10O15. The van der Waals surface area contributed by atoms with Crippen molar-refractivity contribution >= 4 is 41.4 Å². The molecule has 0 aliphatic carbocycles. The number of nitrogens with two attached hydrogens (primary N) is 4. The molecule has 6 amide bonds. The predicted molar refractivity (Wildman–Crippen MR) is 248 cm³/mol. The van der Waals surface area contributed by atoms with Crippen LogP contribution in [-0.2, 0) is 73.1 Å². The van der Waals surface area contributed by atoms with Crippen molar-refractivity contribution in [2.45, 2.75) is 70.1 Å². The number of nitrogens with one attached hydrogen (secondary N) is 5. The topological polar surface area (TPSA) is 373 Å². The largest absolute Gasteiger partial charge is 0.508 e. The van der Waals surface area contributed by atoms with Crippen molar-refractivity contribution in [2.75, 3.05) is 125 Å². The fraction of sp³-hybridized carbons (Fsp3) is 0.698. The minimum Gasteiger partial charge on any atom is -0.508 e. The molecule has 68 heavy (non-hydrogen) atoms. The molecule has 0 aliphatic heterocycles. The monoisotopic (exact) mass is 973 g/mol. The van der Waals surface area contributed by atoms with Crippen LogP contribution in [0.3, 0.4) is 0 Å². The van der Waals surface area contributed by atoms with Crippen molar-refractivity contribution in [2.24, 2.45) is 27.9 Å². The average molecular weight is 973 g/mol. The molecule has 0 aliphatic rings. The van der Waals surface area contributed by atoms with E-state index in [1.165, 1.54) is 26.0 Å². The standard InChI is InChI=1S/C43H76N10O15/c1-31(44)39(57)53-36(30-33-5-7-34(54)8-6-33)42(60)51-32(2)40(58)49-13-15-62-17-19-64-21-23-66-25-27-68-29-28-67-26-24-65-22-20-63-18-16-61-14-10-38(56)52-35(4-3-11-50-43(46)47)41(59)48-12-9-37(45)55/h5-8,31-32,35-36,54H,3-4,9-30,44H2,1-2H3,(H2,45,55)(H,48,59)(H,49,58)(H,51,60)(H,52,56)(H,53,57)(H4,46,47,50)/t31-,32-,35-,36-/m0/s1. The van der Waals surface area contributed by atoms with Crippen molar-refractivity contribution in [1.82, 2.24) is 26.6 Å². The van der Waals surface area contributed by atoms with E-state index in [2.05, 4.69) is 31.6 Å². The van der Waals surface area contributed by atoms with Gasteiger partial charge in [-0.1, -0.05) is 12.1 Å². The van der Waals surface area contributed by atoms with Gasteiger partial charge in [-0.15, -0.1) is 0 Å². The van der Waals surface area contributed by atoms with Gasteiger partial charge in [0.15, 0.2) is 5.96 Å². The van der Waals surface area contributed by atoms with Crippen LogP contribution in [-0.4, -0.2) is 196 Å². The lowest BCUT2D eigenvalue weighted by Crippen LogP contribution is -2.55. The molecule has 0 bridgehead atoms. The summed E-state index contributed by atoms with van der Waals surface area (Å²) in [7, 11) is 0. The first kappa shape index (κ1) is 60.8. The highest BCUT2D eigenvalue weighted by atomic mass is 16.6. The molecule has 0 radical (unpaired) electrons. The zero-order chi connectivity index (χ0) is 50.2. The van der Waals surface area contributed by atoms with Crippen molar-refractivity contribution < 1.29 is 71.8 Å². The fourth-order valence-corrected chi connectivity index (χ4v) is 5.44. The lowest BCUT2D eigenvalue weighted by Gasteiger charge is -2.22. The summed E-state index contributed by atoms with van der Waals surface area (Å²) in [4.78, 5) is 77.4. The number of aliphatic imine (C=N–C) groups is 1. The van der Waals surface area contributed by atoms with Crippen LogP contribution in [0, 0.1) is 0 Å². The first-order valence-corrected chi connectivity index (χ1v) is 22.6. The molecule has 0 unspecified atom stereocenters. The number of benzene rings is 1. The quantitative estimate of drug-likeness (QED) is 0.0172. The highest BCUT2D eigenvalue weighted by Gasteiger charge is 2.26. The first-order chi connectivity index (χ1) is 32.7. The Morgan fingerprint density at radius 1 is 0.559 bits per heavy atom. The first-order valence-electron chi connectivity index (χ1n) is 22.6. The Morgan fingerprint density at radius 2 is 1.03 bits per heavy atom. The summed E-state index contributed by atoms with van der Waals surface area (Å²) in [5.74, 6) is -2.86. The number of carbonyl (C=O) groups excluding carboxylic acids is 6. The van der Waals surface area contributed by atoms with Gasteiger partial charge in [-0.3, -0.25) is 33.8 Å². The summed E-state index contributed by atoms with van der Waals surface area (Å²) in [5, 5.41) is 22.7. The third-order valence-electron chi connectivity index (χ3n) is 9.07. The second-order valence-electron chi connectivity index (χ2n) is 15.0. The second-order valence-corrected chi connectivity index (χ2v) is 15.0. The van der Waals surface area contributed by atoms with Crippen molar-refractivity contribution in [3.05, 3.63) is 29.8 Å². The van der Waals surface area contributed by atoms with Gasteiger partial charge in [0, 0.05) is 38.9 Å². The summed E-state index contributed by atoms with van der Waals surface area (Å²) >= 11 is 0.